The molecule has 1 aromatic heterocycles. The van der Waals surface area contributed by atoms with Gasteiger partial charge in [-0.3, -0.25) is 4.98 Å². The topological polar surface area (TPSA) is 48.4 Å². The number of aromatic nitrogens is 1. The Balaban J connectivity index is 1.90. The molecule has 1 saturated carbocycles. The van der Waals surface area contributed by atoms with E-state index in [2.05, 4.69) is 48.2 Å². The first-order chi connectivity index (χ1) is 10.1. The first-order valence-corrected chi connectivity index (χ1v) is 8.02. The van der Waals surface area contributed by atoms with Crippen LogP contribution in [0.3, 0.4) is 0 Å². The minimum atomic E-state index is -0.138. The van der Waals surface area contributed by atoms with Crippen LogP contribution in [0.25, 0.3) is 0 Å². The number of hydrogen-bond acceptors (Lipinski definition) is 4. The Morgan fingerprint density at radius 2 is 2.05 bits per heavy atom. The van der Waals surface area contributed by atoms with Crippen molar-refractivity contribution in [2.24, 2.45) is 5.92 Å². The monoisotopic (exact) mass is 291 g/mol. The van der Waals surface area contributed by atoms with Crippen molar-refractivity contribution in [3.63, 3.8) is 0 Å². The summed E-state index contributed by atoms with van der Waals surface area (Å²) in [5.74, 6) is 0.619. The Morgan fingerprint density at radius 1 is 1.38 bits per heavy atom. The van der Waals surface area contributed by atoms with E-state index < -0.39 is 0 Å². The van der Waals surface area contributed by atoms with Crippen molar-refractivity contribution in [2.75, 3.05) is 26.7 Å². The zero-order valence-corrected chi connectivity index (χ0v) is 13.5. The fourth-order valence-electron chi connectivity index (χ4n) is 3.16. The van der Waals surface area contributed by atoms with Crippen LogP contribution in [-0.2, 0) is 6.42 Å². The summed E-state index contributed by atoms with van der Waals surface area (Å²) in [6, 6.07) is 4.53. The molecule has 4 nitrogen and oxygen atoms in total. The number of nitrogens with one attached hydrogen (secondary N) is 1. The Bertz CT molecular complexity index is 419. The normalized spacial score (nSPS) is 18.2. The number of nitrogens with zero attached hydrogens (tertiary/aromatic N) is 2. The Labute approximate surface area is 128 Å². The summed E-state index contributed by atoms with van der Waals surface area (Å²) >= 11 is 0. The Morgan fingerprint density at radius 3 is 2.57 bits per heavy atom. The highest BCUT2D eigenvalue weighted by molar-refractivity contribution is 5.10. The molecule has 0 bridgehead atoms. The van der Waals surface area contributed by atoms with Crippen molar-refractivity contribution in [3.8, 4) is 0 Å². The summed E-state index contributed by atoms with van der Waals surface area (Å²) in [6.07, 6.45) is 7.18. The smallest absolute Gasteiger partial charge is 0.0628 e. The van der Waals surface area contributed by atoms with Gasteiger partial charge in [0.25, 0.3) is 0 Å². The minimum Gasteiger partial charge on any atom is -0.394 e. The van der Waals surface area contributed by atoms with Crippen molar-refractivity contribution >= 4 is 0 Å². The van der Waals surface area contributed by atoms with Crippen molar-refractivity contribution in [1.29, 1.82) is 0 Å². The van der Waals surface area contributed by atoms with Crippen LogP contribution in [0.1, 0.15) is 32.3 Å². The zero-order chi connectivity index (χ0) is 15.3. The van der Waals surface area contributed by atoms with E-state index in [1.54, 1.807) is 0 Å². The van der Waals surface area contributed by atoms with Gasteiger partial charge >= 0.3 is 0 Å². The second-order valence-electron chi connectivity index (χ2n) is 6.73. The van der Waals surface area contributed by atoms with Crippen LogP contribution >= 0.6 is 0 Å². The van der Waals surface area contributed by atoms with Crippen molar-refractivity contribution in [1.82, 2.24) is 15.2 Å². The molecule has 21 heavy (non-hydrogen) atoms. The standard InChI is InChI=1S/C17H29N3O/c1-14(2)19-17(13-21,16-4-5-16)12-20(3)11-8-15-6-9-18-10-7-15/h6-7,9-10,14,16,19,21H,4-5,8,11-13H2,1-3H3. The van der Waals surface area contributed by atoms with Gasteiger partial charge in [-0.15, -0.1) is 0 Å². The molecule has 0 amide bonds. The number of pyridine rings is 1. The van der Waals surface area contributed by atoms with Crippen LogP contribution < -0.4 is 5.32 Å². The average molecular weight is 291 g/mol. The first-order valence-electron chi connectivity index (χ1n) is 8.02. The summed E-state index contributed by atoms with van der Waals surface area (Å²) in [5, 5.41) is 13.6. The lowest BCUT2D eigenvalue weighted by Gasteiger charge is -2.38. The largest absolute Gasteiger partial charge is 0.394 e. The third-order valence-corrected chi connectivity index (χ3v) is 4.30. The highest BCUT2D eigenvalue weighted by Gasteiger charge is 2.45. The number of likely N-dealkylation sites (N-methyl/N-ethyl adjacent to an activating group) is 1. The highest BCUT2D eigenvalue weighted by Crippen LogP contribution is 2.40. The molecule has 0 aromatic carbocycles. The fraction of sp³-hybridized carbons (Fsp3) is 0.706. The maximum Gasteiger partial charge on any atom is 0.0628 e. The van der Waals surface area contributed by atoms with E-state index >= 15 is 0 Å². The molecule has 1 heterocycles. The van der Waals surface area contributed by atoms with Gasteiger partial charge in [0, 0.05) is 31.5 Å². The quantitative estimate of drug-likeness (QED) is 0.727. The van der Waals surface area contributed by atoms with Gasteiger partial charge in [-0.25, -0.2) is 0 Å². The van der Waals surface area contributed by atoms with Gasteiger partial charge in [0.2, 0.25) is 0 Å². The molecule has 1 aromatic rings. The summed E-state index contributed by atoms with van der Waals surface area (Å²) in [6.45, 7) is 6.43. The van der Waals surface area contributed by atoms with Crippen LogP contribution in [0.4, 0.5) is 0 Å². The fourth-order valence-corrected chi connectivity index (χ4v) is 3.16. The van der Waals surface area contributed by atoms with Crippen LogP contribution in [-0.4, -0.2) is 53.3 Å². The van der Waals surface area contributed by atoms with Crippen molar-refractivity contribution in [2.45, 2.75) is 44.7 Å². The molecular weight excluding hydrogens is 262 g/mol. The highest BCUT2D eigenvalue weighted by atomic mass is 16.3. The predicted molar refractivity (Wildman–Crippen MR) is 86.3 cm³/mol. The molecule has 0 radical (unpaired) electrons. The van der Waals surface area contributed by atoms with Gasteiger partial charge in [0.15, 0.2) is 0 Å². The third-order valence-electron chi connectivity index (χ3n) is 4.30. The van der Waals surface area contributed by atoms with E-state index in [9.17, 15) is 5.11 Å². The van der Waals surface area contributed by atoms with E-state index in [4.69, 9.17) is 0 Å². The van der Waals surface area contributed by atoms with Gasteiger partial charge in [-0.05, 0) is 49.9 Å². The van der Waals surface area contributed by atoms with Crippen molar-refractivity contribution in [3.05, 3.63) is 30.1 Å². The lowest BCUT2D eigenvalue weighted by molar-refractivity contribution is 0.0936. The number of rotatable bonds is 9. The zero-order valence-electron chi connectivity index (χ0n) is 13.5. The molecule has 2 rings (SSSR count). The van der Waals surface area contributed by atoms with Crippen LogP contribution in [0.5, 0.6) is 0 Å². The second-order valence-corrected chi connectivity index (χ2v) is 6.73. The summed E-state index contributed by atoms with van der Waals surface area (Å²) < 4.78 is 0. The van der Waals surface area contributed by atoms with Gasteiger partial charge < -0.3 is 15.3 Å². The van der Waals surface area contributed by atoms with Gasteiger partial charge in [0.1, 0.15) is 0 Å². The minimum absolute atomic E-state index is 0.138. The molecule has 0 saturated heterocycles. The van der Waals surface area contributed by atoms with Gasteiger partial charge in [-0.1, -0.05) is 13.8 Å². The molecule has 4 heteroatoms. The Hall–Kier alpha value is -0.970. The maximum absolute atomic E-state index is 9.97. The van der Waals surface area contributed by atoms with Crippen LogP contribution in [0, 0.1) is 5.92 Å². The lowest BCUT2D eigenvalue weighted by Crippen LogP contribution is -2.59. The maximum atomic E-state index is 9.97. The SMILES string of the molecule is CC(C)NC(CO)(CN(C)CCc1ccncc1)C1CC1. The van der Waals surface area contributed by atoms with E-state index in [1.165, 1.54) is 18.4 Å². The molecule has 2 N–H and O–H groups in total. The van der Waals surface area contributed by atoms with Gasteiger partial charge in [-0.2, -0.15) is 0 Å². The molecule has 1 aliphatic rings. The van der Waals surface area contributed by atoms with E-state index in [0.29, 0.717) is 12.0 Å². The summed E-state index contributed by atoms with van der Waals surface area (Å²) in [5.41, 5.74) is 1.18. The number of hydrogen-bond donors (Lipinski definition) is 2. The predicted octanol–water partition coefficient (Wildman–Crippen LogP) is 1.70. The molecule has 0 aliphatic heterocycles. The Kier molecular flexibility index (Phi) is 5.73. The van der Waals surface area contributed by atoms with E-state index in [-0.39, 0.29) is 12.1 Å². The summed E-state index contributed by atoms with van der Waals surface area (Å²) in [7, 11) is 2.15. The molecule has 1 aliphatic carbocycles. The number of aliphatic hydroxyl groups excluding tert-OH is 1. The van der Waals surface area contributed by atoms with Gasteiger partial charge in [0.05, 0.1) is 12.1 Å². The molecule has 1 atom stereocenters. The van der Waals surface area contributed by atoms with Crippen LogP contribution in [0.15, 0.2) is 24.5 Å². The molecule has 118 valence electrons. The second kappa shape index (κ2) is 7.34. The third kappa shape index (κ3) is 4.77. The molecule has 0 spiro atoms. The molecule has 1 fully saturated rings. The van der Waals surface area contributed by atoms with E-state index in [0.717, 1.165) is 19.5 Å². The summed E-state index contributed by atoms with van der Waals surface area (Å²) in [4.78, 5) is 6.39. The molecular formula is C17H29N3O. The molecule has 1 unspecified atom stereocenters. The van der Waals surface area contributed by atoms with E-state index in [1.807, 2.05) is 12.4 Å². The average Bonchev–Trinajstić information content (AvgIpc) is 3.30. The van der Waals surface area contributed by atoms with Crippen LogP contribution in [0.2, 0.25) is 0 Å². The number of aliphatic hydroxyl groups is 1. The van der Waals surface area contributed by atoms with Crippen molar-refractivity contribution < 1.29 is 5.11 Å². The first kappa shape index (κ1) is 16.4. The lowest BCUT2D eigenvalue weighted by atomic mass is 9.92.